The minimum absolute atomic E-state index is 0.0765. The third-order valence-electron chi connectivity index (χ3n) is 5.98. The summed E-state index contributed by atoms with van der Waals surface area (Å²) in [6.07, 6.45) is 7.59. The fourth-order valence-corrected chi connectivity index (χ4v) is 4.29. The highest BCUT2D eigenvalue weighted by Gasteiger charge is 2.45. The molecule has 0 saturated heterocycles. The minimum atomic E-state index is -0.0765. The number of anilines is 1. The molecule has 178 valence electrons. The maximum atomic E-state index is 5.92. The van der Waals surface area contributed by atoms with Crippen LogP contribution in [0.2, 0.25) is 5.02 Å². The third-order valence-corrected chi connectivity index (χ3v) is 6.34. The summed E-state index contributed by atoms with van der Waals surface area (Å²) in [5.74, 6) is 1.35. The zero-order chi connectivity index (χ0) is 24.8. The van der Waals surface area contributed by atoms with Gasteiger partial charge in [-0.15, -0.1) is 0 Å². The molecule has 0 spiro atoms. The first kappa shape index (κ1) is 24.6. The summed E-state index contributed by atoms with van der Waals surface area (Å²) in [5.41, 5.74) is 10.0. The monoisotopic (exact) mass is 502 g/mol. The number of benzene rings is 2. The van der Waals surface area contributed by atoms with Gasteiger partial charge in [0.05, 0.1) is 5.54 Å². The summed E-state index contributed by atoms with van der Waals surface area (Å²) in [5, 5.41) is 13.3. The van der Waals surface area contributed by atoms with Crippen molar-refractivity contribution in [2.24, 2.45) is 10.8 Å². The van der Waals surface area contributed by atoms with Crippen LogP contribution in [0.4, 0.5) is 5.82 Å². The Morgan fingerprint density at radius 3 is 2.43 bits per heavy atom. The van der Waals surface area contributed by atoms with Crippen molar-refractivity contribution < 1.29 is 0 Å². The van der Waals surface area contributed by atoms with Crippen LogP contribution in [0.25, 0.3) is 16.8 Å². The number of hydrogen-bond acceptors (Lipinski definition) is 5. The number of halogens is 1. The van der Waals surface area contributed by atoms with Gasteiger partial charge in [-0.2, -0.15) is 5.10 Å². The van der Waals surface area contributed by atoms with Crippen molar-refractivity contribution in [1.82, 2.24) is 15.2 Å². The average molecular weight is 503 g/mol. The molecule has 5 rings (SSSR count). The van der Waals surface area contributed by atoms with Gasteiger partial charge in [0.2, 0.25) is 0 Å². The van der Waals surface area contributed by atoms with Gasteiger partial charge >= 0.3 is 0 Å². The van der Waals surface area contributed by atoms with E-state index in [9.17, 15) is 0 Å². The normalized spacial score (nSPS) is 14.0. The van der Waals surface area contributed by atoms with E-state index in [1.54, 1.807) is 6.08 Å². The first-order chi connectivity index (χ1) is 17.0. The predicted octanol–water partition coefficient (Wildman–Crippen LogP) is 6.02. The lowest BCUT2D eigenvalue weighted by atomic mass is 10.0. The molecule has 4 aromatic rings. The van der Waals surface area contributed by atoms with Gasteiger partial charge in [-0.3, -0.25) is 10.2 Å². The molecule has 1 unspecified atom stereocenters. The number of fused-ring (bicyclic) bond motifs is 1. The van der Waals surface area contributed by atoms with Gasteiger partial charge in [-0.1, -0.05) is 60.7 Å². The Bertz CT molecular complexity index is 1360. The third kappa shape index (κ3) is 5.79. The van der Waals surface area contributed by atoms with E-state index >= 15 is 0 Å². The Kier molecular flexibility index (Phi) is 7.64. The van der Waals surface area contributed by atoms with Gasteiger partial charge in [0, 0.05) is 34.1 Å². The highest BCUT2D eigenvalue weighted by atomic mass is 35.5. The van der Waals surface area contributed by atoms with E-state index in [-0.39, 0.29) is 5.54 Å². The highest BCUT2D eigenvalue weighted by Crippen LogP contribution is 2.48. The van der Waals surface area contributed by atoms with Crippen molar-refractivity contribution >= 4 is 49.5 Å². The maximum absolute atomic E-state index is 5.92. The van der Waals surface area contributed by atoms with Gasteiger partial charge in [0.25, 0.3) is 0 Å². The van der Waals surface area contributed by atoms with Crippen LogP contribution in [0, 0.1) is 6.92 Å². The smallest absolute Gasteiger partial charge is 0.150 e. The van der Waals surface area contributed by atoms with E-state index in [2.05, 4.69) is 53.7 Å². The minimum Gasteiger partial charge on any atom is -0.382 e. The molecule has 1 fully saturated rings. The molecule has 4 N–H and O–H groups in total. The molecule has 1 aliphatic rings. The zero-order valence-electron chi connectivity index (χ0n) is 19.5. The van der Waals surface area contributed by atoms with Crippen molar-refractivity contribution in [2.75, 3.05) is 5.32 Å². The average Bonchev–Trinajstić information content (AvgIpc) is 3.65. The van der Waals surface area contributed by atoms with E-state index in [1.165, 1.54) is 5.56 Å². The molecule has 2 aromatic heterocycles. The molecular formula is C27H28ClN6P. The first-order valence-corrected chi connectivity index (χ1v) is 12.2. The fourth-order valence-electron chi connectivity index (χ4n) is 3.95. The van der Waals surface area contributed by atoms with Crippen LogP contribution >= 0.6 is 21.0 Å². The number of nitrogens with zero attached hydrogens (tertiary/aromatic N) is 3. The second kappa shape index (κ2) is 10.9. The summed E-state index contributed by atoms with van der Waals surface area (Å²) in [6.45, 7) is 5.63. The van der Waals surface area contributed by atoms with E-state index in [1.807, 2.05) is 67.8 Å². The lowest BCUT2D eigenvalue weighted by Gasteiger charge is -2.20. The van der Waals surface area contributed by atoms with Gasteiger partial charge < -0.3 is 11.1 Å². The molecule has 0 amide bonds. The van der Waals surface area contributed by atoms with Crippen LogP contribution in [-0.4, -0.2) is 15.8 Å². The van der Waals surface area contributed by atoms with Gasteiger partial charge in [0.1, 0.15) is 5.82 Å². The van der Waals surface area contributed by atoms with E-state index in [0.29, 0.717) is 5.84 Å². The highest BCUT2D eigenvalue weighted by molar-refractivity contribution is 7.13. The van der Waals surface area contributed by atoms with Gasteiger partial charge in [-0.25, -0.2) is 4.98 Å². The molecular weight excluding hydrogens is 475 g/mol. The summed E-state index contributed by atoms with van der Waals surface area (Å²) >= 11 is 5.68. The lowest BCUT2D eigenvalue weighted by molar-refractivity contribution is 0.802. The number of aromatic nitrogens is 2. The molecule has 2 aromatic carbocycles. The van der Waals surface area contributed by atoms with Crippen molar-refractivity contribution in [3.8, 4) is 0 Å². The van der Waals surface area contributed by atoms with Crippen molar-refractivity contribution in [1.29, 1.82) is 0 Å². The van der Waals surface area contributed by atoms with Gasteiger partial charge in [0.15, 0.2) is 5.84 Å². The number of amidine groups is 1. The van der Waals surface area contributed by atoms with Crippen LogP contribution in [-0.2, 0) is 5.54 Å². The molecule has 1 aliphatic carbocycles. The molecule has 6 nitrogen and oxygen atoms in total. The lowest BCUT2D eigenvalue weighted by Crippen LogP contribution is -2.21. The van der Waals surface area contributed by atoms with Crippen molar-refractivity contribution in [2.45, 2.75) is 25.3 Å². The molecule has 0 aliphatic heterocycles. The quantitative estimate of drug-likeness (QED) is 0.130. The number of nitrogens with two attached hydrogens (primary N) is 1. The largest absolute Gasteiger partial charge is 0.382 e. The molecule has 2 heterocycles. The van der Waals surface area contributed by atoms with Crippen molar-refractivity contribution in [3.05, 3.63) is 107 Å². The topological polar surface area (TPSA) is 88.2 Å². The van der Waals surface area contributed by atoms with E-state index in [4.69, 9.17) is 17.3 Å². The number of rotatable bonds is 6. The Morgan fingerprint density at radius 1 is 1.11 bits per heavy atom. The number of nitrogens with one attached hydrogen (secondary N) is 2. The standard InChI is InChI=1S/C19H21N6P.C8H7Cl/c1-12-16-13(6-10-21-12)7-11-22-18(16)23-19(8-9-19)15-4-2-14(3-5-15)17(20)24-25-26;1-2-7-4-3-5-8(9)6-7/h2-7,10-11,25H,8-9,26H2,1H3,(H2,20,24)(H,22,23);2-6H,1H2. The molecule has 0 radical (unpaired) electrons. The molecule has 1 atom stereocenters. The number of pyridine rings is 2. The molecule has 8 heteroatoms. The summed E-state index contributed by atoms with van der Waals surface area (Å²) in [4.78, 5) is 9.01. The van der Waals surface area contributed by atoms with Crippen LogP contribution in [0.15, 0.2) is 84.7 Å². The second-order valence-electron chi connectivity index (χ2n) is 8.32. The fraction of sp³-hybridized carbons (Fsp3) is 0.148. The predicted molar refractivity (Wildman–Crippen MR) is 150 cm³/mol. The summed E-state index contributed by atoms with van der Waals surface area (Å²) in [6, 6.07) is 19.8. The maximum Gasteiger partial charge on any atom is 0.150 e. The van der Waals surface area contributed by atoms with Crippen LogP contribution in [0.3, 0.4) is 0 Å². The Morgan fingerprint density at radius 2 is 1.83 bits per heavy atom. The number of aryl methyl sites for hydroxylation is 1. The van der Waals surface area contributed by atoms with Crippen LogP contribution in [0.1, 0.15) is 35.2 Å². The first-order valence-electron chi connectivity index (χ1n) is 11.2. The van der Waals surface area contributed by atoms with E-state index < -0.39 is 0 Å². The van der Waals surface area contributed by atoms with Gasteiger partial charge in [-0.05, 0) is 69.9 Å². The zero-order valence-corrected chi connectivity index (χ0v) is 21.4. The number of hydrazone groups is 1. The van der Waals surface area contributed by atoms with Crippen molar-refractivity contribution in [3.63, 3.8) is 0 Å². The summed E-state index contributed by atoms with van der Waals surface area (Å²) < 4.78 is 0. The van der Waals surface area contributed by atoms with Crippen LogP contribution in [0.5, 0.6) is 0 Å². The molecule has 0 bridgehead atoms. The number of hydrogen-bond donors (Lipinski definition) is 3. The SMILES string of the molecule is C=Cc1cccc(Cl)c1.Cc1nccc2ccnc(NC3(c4ccc(/C(N)=N/NP)cc4)CC3)c12. The molecule has 1 saturated carbocycles. The molecule has 35 heavy (non-hydrogen) atoms. The second-order valence-corrected chi connectivity index (χ2v) is 9.02. The Labute approximate surface area is 213 Å². The Hall–Kier alpha value is -3.47. The van der Waals surface area contributed by atoms with E-state index in [0.717, 1.165) is 51.3 Å². The summed E-state index contributed by atoms with van der Waals surface area (Å²) in [7, 11) is 2.31. The Balaban J connectivity index is 0.000000271. The van der Waals surface area contributed by atoms with Crippen LogP contribution < -0.4 is 16.2 Å².